The van der Waals surface area contributed by atoms with Crippen molar-refractivity contribution in [2.75, 3.05) is 0 Å². The molecule has 1 fully saturated rings. The molecule has 3 heterocycles. The van der Waals surface area contributed by atoms with Crippen LogP contribution in [0.4, 0.5) is 0 Å². The van der Waals surface area contributed by atoms with Crippen LogP contribution in [-0.2, 0) is 19.9 Å². The molecule has 0 amide bonds. The molecule has 1 N–H and O–H groups in total. The van der Waals surface area contributed by atoms with E-state index in [-0.39, 0.29) is 5.56 Å². The van der Waals surface area contributed by atoms with Gasteiger partial charge in [0.05, 0.1) is 11.3 Å². The number of pyridine rings is 2. The molecule has 3 aromatic rings. The molecule has 28 heavy (non-hydrogen) atoms. The molecule has 144 valence electrons. The third kappa shape index (κ3) is 2.85. The topological polar surface area (TPSA) is 89.3 Å². The molecule has 5 rings (SSSR count). The van der Waals surface area contributed by atoms with Crippen LogP contribution in [0.3, 0.4) is 0 Å². The third-order valence-corrected chi connectivity index (χ3v) is 6.19. The second-order valence-corrected chi connectivity index (χ2v) is 7.96. The molecule has 2 aliphatic rings. The monoisotopic (exact) mass is 376 g/mol. The summed E-state index contributed by atoms with van der Waals surface area (Å²) in [5.41, 5.74) is 6.78. The summed E-state index contributed by atoms with van der Waals surface area (Å²) >= 11 is 0. The molecule has 1 saturated carbocycles. The molecule has 0 bridgehead atoms. The lowest BCUT2D eigenvalue weighted by atomic mass is 9.78. The highest BCUT2D eigenvalue weighted by Crippen LogP contribution is 2.45. The lowest BCUT2D eigenvalue weighted by Gasteiger charge is -2.29. The number of hydrogen-bond donors (Lipinski definition) is 1. The molecule has 7 nitrogen and oxygen atoms in total. The number of nitrogens with zero attached hydrogens (tertiary/aromatic N) is 5. The largest absolute Gasteiger partial charge is 0.318 e. The van der Waals surface area contributed by atoms with Crippen LogP contribution in [0.5, 0.6) is 0 Å². The maximum Gasteiger partial charge on any atom is 0.250 e. The van der Waals surface area contributed by atoms with E-state index in [9.17, 15) is 4.79 Å². The predicted molar refractivity (Wildman–Crippen MR) is 106 cm³/mol. The van der Waals surface area contributed by atoms with Gasteiger partial charge in [-0.2, -0.15) is 5.21 Å². The van der Waals surface area contributed by atoms with Crippen molar-refractivity contribution in [2.45, 2.75) is 57.3 Å². The van der Waals surface area contributed by atoms with Crippen molar-refractivity contribution in [1.29, 1.82) is 0 Å². The second-order valence-electron chi connectivity index (χ2n) is 7.96. The summed E-state index contributed by atoms with van der Waals surface area (Å²) in [5.74, 6) is 1.05. The van der Waals surface area contributed by atoms with Crippen molar-refractivity contribution in [3.05, 3.63) is 45.6 Å². The van der Waals surface area contributed by atoms with E-state index in [4.69, 9.17) is 4.98 Å². The van der Waals surface area contributed by atoms with Gasteiger partial charge in [0.1, 0.15) is 0 Å². The van der Waals surface area contributed by atoms with E-state index in [0.29, 0.717) is 11.7 Å². The predicted octanol–water partition coefficient (Wildman–Crippen LogP) is 3.16. The molecule has 0 unspecified atom stereocenters. The van der Waals surface area contributed by atoms with Crippen LogP contribution in [0.15, 0.2) is 23.1 Å². The van der Waals surface area contributed by atoms with E-state index in [2.05, 4.69) is 20.6 Å². The summed E-state index contributed by atoms with van der Waals surface area (Å²) in [6, 6.07) is 3.57. The third-order valence-electron chi connectivity index (χ3n) is 6.19. The molecule has 2 aliphatic carbocycles. The molecule has 0 saturated heterocycles. The molecule has 3 aromatic heterocycles. The fraction of sp³-hybridized carbons (Fsp3) is 0.476. The molecule has 0 aromatic carbocycles. The van der Waals surface area contributed by atoms with Crippen LogP contribution in [0.2, 0.25) is 0 Å². The zero-order valence-electron chi connectivity index (χ0n) is 16.1. The summed E-state index contributed by atoms with van der Waals surface area (Å²) in [4.78, 5) is 17.2. The Morgan fingerprint density at radius 3 is 2.64 bits per heavy atom. The SMILES string of the molecule is Cn1cc(-c2c3c(nc(C4CCC4)c2-c2nn[nH]n2)CCCCC3)ccc1=O. The first-order valence-electron chi connectivity index (χ1n) is 10.2. The van der Waals surface area contributed by atoms with Crippen molar-refractivity contribution in [3.63, 3.8) is 0 Å². The smallest absolute Gasteiger partial charge is 0.250 e. The second kappa shape index (κ2) is 6.96. The number of aryl methyl sites for hydroxylation is 2. The van der Waals surface area contributed by atoms with Gasteiger partial charge in [-0.3, -0.25) is 9.78 Å². The van der Waals surface area contributed by atoms with Crippen LogP contribution < -0.4 is 5.56 Å². The summed E-state index contributed by atoms with van der Waals surface area (Å²) < 4.78 is 1.64. The van der Waals surface area contributed by atoms with Gasteiger partial charge in [-0.25, -0.2) is 0 Å². The fourth-order valence-electron chi connectivity index (χ4n) is 4.47. The minimum atomic E-state index is -0.00998. The van der Waals surface area contributed by atoms with E-state index in [1.165, 1.54) is 30.5 Å². The van der Waals surface area contributed by atoms with E-state index in [1.54, 1.807) is 17.7 Å². The Kier molecular flexibility index (Phi) is 4.30. The van der Waals surface area contributed by atoms with E-state index < -0.39 is 0 Å². The van der Waals surface area contributed by atoms with Crippen molar-refractivity contribution in [1.82, 2.24) is 30.2 Å². The average molecular weight is 376 g/mol. The summed E-state index contributed by atoms with van der Waals surface area (Å²) in [6.07, 6.45) is 11.0. The number of fused-ring (bicyclic) bond motifs is 1. The first-order chi connectivity index (χ1) is 13.7. The minimum absolute atomic E-state index is 0.00998. The van der Waals surface area contributed by atoms with E-state index in [1.807, 2.05) is 12.3 Å². The standard InChI is InChI=1S/C21H24N6O/c1-27-12-14(10-11-17(27)28)18-15-8-3-2-4-9-16(15)22-20(13-6-5-7-13)19(18)21-23-25-26-24-21/h10-13H,2-9H2,1H3,(H,23,24,25,26). The van der Waals surface area contributed by atoms with Gasteiger partial charge in [0.15, 0.2) is 0 Å². The van der Waals surface area contributed by atoms with Crippen LogP contribution >= 0.6 is 0 Å². The van der Waals surface area contributed by atoms with Crippen LogP contribution in [-0.4, -0.2) is 30.2 Å². The number of aromatic amines is 1. The number of hydrogen-bond acceptors (Lipinski definition) is 5. The summed E-state index contributed by atoms with van der Waals surface area (Å²) in [6.45, 7) is 0. The number of rotatable bonds is 3. The number of aromatic nitrogens is 6. The quantitative estimate of drug-likeness (QED) is 0.709. The van der Waals surface area contributed by atoms with Gasteiger partial charge in [0, 0.05) is 36.5 Å². The molecular formula is C21H24N6O. The van der Waals surface area contributed by atoms with Gasteiger partial charge in [0.2, 0.25) is 11.4 Å². The van der Waals surface area contributed by atoms with Gasteiger partial charge < -0.3 is 4.57 Å². The fourth-order valence-corrected chi connectivity index (χ4v) is 4.47. The first kappa shape index (κ1) is 17.3. The van der Waals surface area contributed by atoms with Crippen LogP contribution in [0, 0.1) is 0 Å². The highest BCUT2D eigenvalue weighted by atomic mass is 16.1. The maximum absolute atomic E-state index is 12.0. The normalized spacial score (nSPS) is 17.0. The van der Waals surface area contributed by atoms with Crippen molar-refractivity contribution in [3.8, 4) is 22.5 Å². The first-order valence-corrected chi connectivity index (χ1v) is 10.2. The van der Waals surface area contributed by atoms with Gasteiger partial charge >= 0.3 is 0 Å². The molecule has 0 spiro atoms. The van der Waals surface area contributed by atoms with Gasteiger partial charge in [-0.05, 0) is 60.9 Å². The lowest BCUT2D eigenvalue weighted by molar-refractivity contribution is 0.411. The Bertz CT molecular complexity index is 1070. The van der Waals surface area contributed by atoms with Crippen molar-refractivity contribution >= 4 is 0 Å². The Hall–Kier alpha value is -2.83. The van der Waals surface area contributed by atoms with Crippen molar-refractivity contribution in [2.24, 2.45) is 7.05 Å². The number of H-pyrrole nitrogens is 1. The molecule has 0 aliphatic heterocycles. The van der Waals surface area contributed by atoms with E-state index in [0.717, 1.165) is 54.5 Å². The van der Waals surface area contributed by atoms with Gasteiger partial charge in [-0.15, -0.1) is 10.2 Å². The molecule has 7 heteroatoms. The lowest BCUT2D eigenvalue weighted by Crippen LogP contribution is -2.17. The minimum Gasteiger partial charge on any atom is -0.318 e. The Balaban J connectivity index is 1.85. The van der Waals surface area contributed by atoms with Crippen LogP contribution in [0.25, 0.3) is 22.5 Å². The summed E-state index contributed by atoms with van der Waals surface area (Å²) in [7, 11) is 1.80. The van der Waals surface area contributed by atoms with E-state index >= 15 is 0 Å². The highest BCUT2D eigenvalue weighted by molar-refractivity contribution is 5.85. The van der Waals surface area contributed by atoms with Crippen molar-refractivity contribution < 1.29 is 0 Å². The van der Waals surface area contributed by atoms with Gasteiger partial charge in [-0.1, -0.05) is 12.8 Å². The molecular weight excluding hydrogens is 352 g/mol. The average Bonchev–Trinajstić information content (AvgIpc) is 3.07. The Morgan fingerprint density at radius 1 is 1.07 bits per heavy atom. The molecule has 0 atom stereocenters. The maximum atomic E-state index is 12.0. The number of tetrazole rings is 1. The van der Waals surface area contributed by atoms with Crippen LogP contribution in [0.1, 0.15) is 61.4 Å². The highest BCUT2D eigenvalue weighted by Gasteiger charge is 2.31. The number of nitrogens with one attached hydrogen (secondary N) is 1. The summed E-state index contributed by atoms with van der Waals surface area (Å²) in [5, 5.41) is 15.1. The zero-order valence-corrected chi connectivity index (χ0v) is 16.1. The Labute approximate surface area is 163 Å². The molecule has 0 radical (unpaired) electrons. The van der Waals surface area contributed by atoms with Gasteiger partial charge in [0.25, 0.3) is 0 Å². The zero-order chi connectivity index (χ0) is 19.1. The Morgan fingerprint density at radius 2 is 1.93 bits per heavy atom.